The number of rotatable bonds is 3. The summed E-state index contributed by atoms with van der Waals surface area (Å²) in [5.74, 6) is -2.34. The molecule has 27 heavy (non-hydrogen) atoms. The first-order valence-corrected chi connectivity index (χ1v) is 9.36. The van der Waals surface area contributed by atoms with Gasteiger partial charge in [0.25, 0.3) is 0 Å². The Bertz CT molecular complexity index is 1020. The molecule has 0 bridgehead atoms. The first-order chi connectivity index (χ1) is 12.7. The van der Waals surface area contributed by atoms with E-state index in [0.29, 0.717) is 20.8 Å². The van der Waals surface area contributed by atoms with Crippen LogP contribution in [0.5, 0.6) is 0 Å². The lowest BCUT2D eigenvalue weighted by Crippen LogP contribution is -2.62. The maximum absolute atomic E-state index is 10.7. The molecular weight excluding hydrogens is 385 g/mol. The largest absolute Gasteiger partial charge is 0.381 e. The lowest BCUT2D eigenvalue weighted by Gasteiger charge is -2.47. The highest BCUT2D eigenvalue weighted by Gasteiger charge is 2.46. The molecule has 2 aromatic heterocycles. The standard InChI is InChI=1S/C18H15BClN3O3S/c19-17(24)7-12(14-6-13-16(27-14)22-15(20)9-21-13)8-18(25,26)23(17)10-11-4-2-1-3-5-11/h1-7,9,24-26H,8,10H2. The molecule has 0 saturated carbocycles. The SMILES string of the molecule is [B]C1(O)C=C(c2cc3ncc(Cl)nc3s2)CC(O)(O)N1Cc1ccccc1. The number of aromatic nitrogens is 2. The van der Waals surface area contributed by atoms with E-state index in [0.717, 1.165) is 10.5 Å². The molecular formula is C18H15BClN3O3S. The molecule has 3 N–H and O–H groups in total. The Labute approximate surface area is 165 Å². The van der Waals surface area contributed by atoms with Crippen LogP contribution < -0.4 is 0 Å². The highest BCUT2D eigenvalue weighted by atomic mass is 35.5. The fourth-order valence-corrected chi connectivity index (χ4v) is 4.34. The summed E-state index contributed by atoms with van der Waals surface area (Å²) in [6, 6.07) is 10.9. The van der Waals surface area contributed by atoms with Crippen molar-refractivity contribution in [3.63, 3.8) is 0 Å². The van der Waals surface area contributed by atoms with Gasteiger partial charge in [0, 0.05) is 17.8 Å². The zero-order valence-corrected chi connectivity index (χ0v) is 15.7. The van der Waals surface area contributed by atoms with Crippen molar-refractivity contribution in [1.29, 1.82) is 0 Å². The summed E-state index contributed by atoms with van der Waals surface area (Å²) in [5.41, 5.74) is -0.137. The lowest BCUT2D eigenvalue weighted by molar-refractivity contribution is -0.304. The fourth-order valence-electron chi connectivity index (χ4n) is 3.15. The molecule has 0 spiro atoms. The van der Waals surface area contributed by atoms with Gasteiger partial charge in [0.2, 0.25) is 5.91 Å². The van der Waals surface area contributed by atoms with Crippen molar-refractivity contribution < 1.29 is 15.3 Å². The number of benzene rings is 1. The third-order valence-corrected chi connectivity index (χ3v) is 5.67. The van der Waals surface area contributed by atoms with Crippen molar-refractivity contribution in [2.75, 3.05) is 0 Å². The van der Waals surface area contributed by atoms with Crippen LogP contribution in [0, 0.1) is 0 Å². The average molecular weight is 400 g/mol. The van der Waals surface area contributed by atoms with Crippen LogP contribution >= 0.6 is 22.9 Å². The number of halogens is 1. The van der Waals surface area contributed by atoms with Gasteiger partial charge in [-0.3, -0.25) is 4.98 Å². The monoisotopic (exact) mass is 399 g/mol. The Morgan fingerprint density at radius 3 is 2.67 bits per heavy atom. The van der Waals surface area contributed by atoms with E-state index >= 15 is 0 Å². The zero-order chi connectivity index (χ0) is 19.2. The first kappa shape index (κ1) is 18.6. The molecule has 9 heteroatoms. The summed E-state index contributed by atoms with van der Waals surface area (Å²) < 4.78 is 0. The van der Waals surface area contributed by atoms with Gasteiger partial charge in [0.1, 0.15) is 23.3 Å². The molecule has 6 nitrogen and oxygen atoms in total. The molecule has 1 unspecified atom stereocenters. The maximum atomic E-state index is 10.7. The number of fused-ring (bicyclic) bond motifs is 1. The van der Waals surface area contributed by atoms with Crippen LogP contribution in [0.1, 0.15) is 16.9 Å². The van der Waals surface area contributed by atoms with Crippen molar-refractivity contribution in [2.45, 2.75) is 24.5 Å². The van der Waals surface area contributed by atoms with Crippen LogP contribution in [0.15, 0.2) is 48.7 Å². The molecule has 0 aliphatic carbocycles. The van der Waals surface area contributed by atoms with Crippen LogP contribution in [0.2, 0.25) is 5.15 Å². The zero-order valence-electron chi connectivity index (χ0n) is 14.1. The van der Waals surface area contributed by atoms with Gasteiger partial charge in [-0.05, 0) is 23.3 Å². The van der Waals surface area contributed by atoms with Crippen molar-refractivity contribution in [3.8, 4) is 0 Å². The third-order valence-electron chi connectivity index (χ3n) is 4.39. The van der Waals surface area contributed by atoms with Gasteiger partial charge < -0.3 is 15.3 Å². The van der Waals surface area contributed by atoms with Crippen molar-refractivity contribution in [1.82, 2.24) is 14.9 Å². The van der Waals surface area contributed by atoms with E-state index in [4.69, 9.17) is 19.4 Å². The third kappa shape index (κ3) is 3.64. The Morgan fingerprint density at radius 2 is 1.96 bits per heavy atom. The Balaban J connectivity index is 1.71. The quantitative estimate of drug-likeness (QED) is 0.461. The molecule has 0 saturated heterocycles. The van der Waals surface area contributed by atoms with E-state index in [-0.39, 0.29) is 18.1 Å². The van der Waals surface area contributed by atoms with Gasteiger partial charge in [-0.2, -0.15) is 0 Å². The predicted molar refractivity (Wildman–Crippen MR) is 105 cm³/mol. The van der Waals surface area contributed by atoms with Crippen LogP contribution in [0.3, 0.4) is 0 Å². The minimum absolute atomic E-state index is 0.0652. The van der Waals surface area contributed by atoms with E-state index in [9.17, 15) is 15.3 Å². The van der Waals surface area contributed by atoms with Crippen molar-refractivity contribution >= 4 is 46.7 Å². The van der Waals surface area contributed by atoms with Crippen molar-refractivity contribution in [2.24, 2.45) is 0 Å². The van der Waals surface area contributed by atoms with E-state index in [1.807, 2.05) is 30.3 Å². The molecule has 136 valence electrons. The predicted octanol–water partition coefficient (Wildman–Crippen LogP) is 2.09. The summed E-state index contributed by atoms with van der Waals surface area (Å²) >= 11 is 7.16. The van der Waals surface area contributed by atoms with Gasteiger partial charge >= 0.3 is 0 Å². The Hall–Kier alpha value is -1.81. The average Bonchev–Trinajstić information content (AvgIpc) is 3.01. The van der Waals surface area contributed by atoms with Crippen LogP contribution in [0.25, 0.3) is 15.9 Å². The minimum Gasteiger partial charge on any atom is -0.381 e. The fraction of sp³-hybridized carbons (Fsp3) is 0.222. The number of thiophene rings is 1. The van der Waals surface area contributed by atoms with Gasteiger partial charge in [0.15, 0.2) is 0 Å². The molecule has 3 aromatic rings. The van der Waals surface area contributed by atoms with E-state index in [1.54, 1.807) is 6.07 Å². The highest BCUT2D eigenvalue weighted by Crippen LogP contribution is 2.40. The molecule has 2 radical (unpaired) electrons. The van der Waals surface area contributed by atoms with Crippen molar-refractivity contribution in [3.05, 3.63) is 64.3 Å². The number of hydrogen-bond acceptors (Lipinski definition) is 7. The summed E-state index contributed by atoms with van der Waals surface area (Å²) in [6.07, 6.45) is 2.73. The molecule has 1 aliphatic heterocycles. The number of nitrogens with zero attached hydrogens (tertiary/aromatic N) is 3. The molecule has 1 aliphatic rings. The molecule has 4 rings (SSSR count). The topological polar surface area (TPSA) is 89.7 Å². The summed E-state index contributed by atoms with van der Waals surface area (Å²) in [7, 11) is 6.03. The smallest absolute Gasteiger partial charge is 0.231 e. The van der Waals surface area contributed by atoms with E-state index < -0.39 is 11.5 Å². The summed E-state index contributed by atoms with van der Waals surface area (Å²) in [6.45, 7) is 0.0652. The Kier molecular flexibility index (Phi) is 4.58. The number of hydrogen-bond donors (Lipinski definition) is 3. The van der Waals surface area contributed by atoms with Gasteiger partial charge in [-0.1, -0.05) is 41.9 Å². The molecule has 1 atom stereocenters. The van der Waals surface area contributed by atoms with Crippen LogP contribution in [-0.2, 0) is 6.54 Å². The molecule has 0 amide bonds. The van der Waals surface area contributed by atoms with Gasteiger partial charge in [-0.25, -0.2) is 9.88 Å². The van der Waals surface area contributed by atoms with Gasteiger partial charge in [-0.15, -0.1) is 11.3 Å². The maximum Gasteiger partial charge on any atom is 0.231 e. The summed E-state index contributed by atoms with van der Waals surface area (Å²) in [5, 5.41) is 32.3. The van der Waals surface area contributed by atoms with Gasteiger partial charge in [0.05, 0.1) is 11.8 Å². The molecule has 1 aromatic carbocycles. The second-order valence-corrected chi connectivity index (χ2v) is 7.89. The molecule has 0 fully saturated rings. The minimum atomic E-state index is -2.34. The lowest BCUT2D eigenvalue weighted by atomic mass is 9.81. The second-order valence-electron chi connectivity index (χ2n) is 6.47. The van der Waals surface area contributed by atoms with Crippen LogP contribution in [-0.4, -0.2) is 49.6 Å². The normalized spacial score (nSPS) is 22.7. The number of aliphatic hydroxyl groups is 3. The highest BCUT2D eigenvalue weighted by molar-refractivity contribution is 7.19. The molecule has 3 heterocycles. The Morgan fingerprint density at radius 1 is 1.22 bits per heavy atom. The van der Waals surface area contributed by atoms with E-state index in [2.05, 4.69) is 9.97 Å². The second kappa shape index (κ2) is 6.66. The van der Waals surface area contributed by atoms with Crippen LogP contribution in [0.4, 0.5) is 0 Å². The van der Waals surface area contributed by atoms with E-state index in [1.165, 1.54) is 23.6 Å². The first-order valence-electron chi connectivity index (χ1n) is 8.16. The summed E-state index contributed by atoms with van der Waals surface area (Å²) in [4.78, 5) is 10.7.